The summed E-state index contributed by atoms with van der Waals surface area (Å²) in [5.74, 6) is 0. The summed E-state index contributed by atoms with van der Waals surface area (Å²) >= 11 is 0. The molecular formula is C20H23N. The predicted octanol–water partition coefficient (Wildman–Crippen LogP) is 5.64. The number of aryl methyl sites for hydroxylation is 2. The molecule has 0 unspecified atom stereocenters. The van der Waals surface area contributed by atoms with Crippen molar-refractivity contribution in [2.75, 3.05) is 5.32 Å². The van der Waals surface area contributed by atoms with Crippen molar-refractivity contribution in [3.8, 4) is 0 Å². The van der Waals surface area contributed by atoms with Gasteiger partial charge < -0.3 is 5.32 Å². The minimum absolute atomic E-state index is 0.931. The Labute approximate surface area is 128 Å². The number of hydrogen-bond acceptors (Lipinski definition) is 1. The molecule has 0 aliphatic heterocycles. The first-order valence-corrected chi connectivity index (χ1v) is 7.29. The molecule has 2 aromatic rings. The number of benzene rings is 2. The lowest BCUT2D eigenvalue weighted by molar-refractivity contribution is 1.30. The van der Waals surface area contributed by atoms with E-state index in [-0.39, 0.29) is 0 Å². The van der Waals surface area contributed by atoms with Gasteiger partial charge in [-0.3, -0.25) is 0 Å². The summed E-state index contributed by atoms with van der Waals surface area (Å²) in [6.45, 7) is 12.7. The SMILES string of the molecule is C=C(Nc1ccccc1C)/C(=C/C)c1cccc(C)c1C. The maximum Gasteiger partial charge on any atom is 0.0413 e. The van der Waals surface area contributed by atoms with E-state index in [1.165, 1.54) is 22.3 Å². The summed E-state index contributed by atoms with van der Waals surface area (Å²) in [5.41, 5.74) is 8.25. The van der Waals surface area contributed by atoms with Crippen LogP contribution in [0.2, 0.25) is 0 Å². The van der Waals surface area contributed by atoms with Crippen molar-refractivity contribution in [2.24, 2.45) is 0 Å². The Morgan fingerprint density at radius 2 is 1.62 bits per heavy atom. The number of rotatable bonds is 4. The Morgan fingerprint density at radius 1 is 0.952 bits per heavy atom. The highest BCUT2D eigenvalue weighted by Gasteiger charge is 2.10. The van der Waals surface area contributed by atoms with Crippen molar-refractivity contribution >= 4 is 11.3 Å². The average Bonchev–Trinajstić information content (AvgIpc) is 2.47. The lowest BCUT2D eigenvalue weighted by atomic mass is 9.95. The van der Waals surface area contributed by atoms with E-state index in [1.807, 2.05) is 12.1 Å². The Bertz CT molecular complexity index is 693. The Hall–Kier alpha value is -2.28. The van der Waals surface area contributed by atoms with Crippen LogP contribution in [0.4, 0.5) is 5.69 Å². The van der Waals surface area contributed by atoms with E-state index in [0.29, 0.717) is 0 Å². The van der Waals surface area contributed by atoms with Gasteiger partial charge in [-0.1, -0.05) is 49.1 Å². The molecule has 2 aromatic carbocycles. The summed E-state index contributed by atoms with van der Waals surface area (Å²) in [7, 11) is 0. The Morgan fingerprint density at radius 3 is 2.29 bits per heavy atom. The minimum atomic E-state index is 0.931. The van der Waals surface area contributed by atoms with Crippen LogP contribution < -0.4 is 5.32 Å². The molecule has 0 spiro atoms. The topological polar surface area (TPSA) is 12.0 Å². The molecule has 0 heterocycles. The largest absolute Gasteiger partial charge is 0.355 e. The van der Waals surface area contributed by atoms with E-state index in [2.05, 4.69) is 76.0 Å². The van der Waals surface area contributed by atoms with Gasteiger partial charge in [0.15, 0.2) is 0 Å². The number of hydrogen-bond donors (Lipinski definition) is 1. The van der Waals surface area contributed by atoms with Crippen molar-refractivity contribution < 1.29 is 0 Å². The molecule has 0 radical (unpaired) electrons. The minimum Gasteiger partial charge on any atom is -0.355 e. The maximum atomic E-state index is 4.23. The highest BCUT2D eigenvalue weighted by molar-refractivity contribution is 5.83. The zero-order valence-electron chi connectivity index (χ0n) is 13.3. The molecule has 0 aromatic heterocycles. The lowest BCUT2D eigenvalue weighted by Gasteiger charge is -2.17. The fourth-order valence-electron chi connectivity index (χ4n) is 2.48. The summed E-state index contributed by atoms with van der Waals surface area (Å²) in [6.07, 6.45) is 2.12. The molecule has 108 valence electrons. The summed E-state index contributed by atoms with van der Waals surface area (Å²) < 4.78 is 0. The van der Waals surface area contributed by atoms with Crippen molar-refractivity contribution in [2.45, 2.75) is 27.7 Å². The van der Waals surface area contributed by atoms with E-state index in [0.717, 1.165) is 17.0 Å². The number of allylic oxidation sites excluding steroid dienone is 2. The normalized spacial score (nSPS) is 11.3. The third-order valence-electron chi connectivity index (χ3n) is 3.94. The quantitative estimate of drug-likeness (QED) is 0.713. The van der Waals surface area contributed by atoms with Gasteiger partial charge in [-0.2, -0.15) is 0 Å². The molecule has 0 bridgehead atoms. The summed E-state index contributed by atoms with van der Waals surface area (Å²) in [4.78, 5) is 0. The van der Waals surface area contributed by atoms with Gasteiger partial charge in [-0.05, 0) is 56.0 Å². The fourth-order valence-corrected chi connectivity index (χ4v) is 2.48. The van der Waals surface area contributed by atoms with Crippen LogP contribution in [0.1, 0.15) is 29.2 Å². The lowest BCUT2D eigenvalue weighted by Crippen LogP contribution is -2.04. The van der Waals surface area contributed by atoms with Crippen LogP contribution in [-0.4, -0.2) is 0 Å². The van der Waals surface area contributed by atoms with Gasteiger partial charge in [-0.25, -0.2) is 0 Å². The van der Waals surface area contributed by atoms with E-state index in [1.54, 1.807) is 0 Å². The smallest absolute Gasteiger partial charge is 0.0413 e. The van der Waals surface area contributed by atoms with Crippen LogP contribution in [0.5, 0.6) is 0 Å². The number of para-hydroxylation sites is 1. The first-order valence-electron chi connectivity index (χ1n) is 7.29. The fraction of sp³-hybridized carbons (Fsp3) is 0.200. The van der Waals surface area contributed by atoms with Gasteiger partial charge in [0, 0.05) is 17.0 Å². The van der Waals surface area contributed by atoms with E-state index >= 15 is 0 Å². The summed E-state index contributed by atoms with van der Waals surface area (Å²) in [6, 6.07) is 14.7. The van der Waals surface area contributed by atoms with Gasteiger partial charge in [0.2, 0.25) is 0 Å². The second-order valence-corrected chi connectivity index (χ2v) is 5.37. The molecular weight excluding hydrogens is 254 g/mol. The number of nitrogens with one attached hydrogen (secondary N) is 1. The Balaban J connectivity index is 2.33. The molecule has 21 heavy (non-hydrogen) atoms. The molecule has 0 fully saturated rings. The second kappa shape index (κ2) is 6.45. The van der Waals surface area contributed by atoms with Crippen LogP contribution >= 0.6 is 0 Å². The van der Waals surface area contributed by atoms with Crippen LogP contribution in [-0.2, 0) is 0 Å². The zero-order chi connectivity index (χ0) is 15.4. The molecule has 0 aliphatic carbocycles. The standard InChI is InChI=1S/C20H23N/c1-6-18(19-12-9-11-14(2)16(19)4)17(5)21-20-13-8-7-10-15(20)3/h6-13,21H,5H2,1-4H3/b18-6-. The van der Waals surface area contributed by atoms with E-state index in [9.17, 15) is 0 Å². The van der Waals surface area contributed by atoms with Crippen molar-refractivity contribution in [3.63, 3.8) is 0 Å². The molecule has 1 N–H and O–H groups in total. The van der Waals surface area contributed by atoms with Gasteiger partial charge >= 0.3 is 0 Å². The summed E-state index contributed by atoms with van der Waals surface area (Å²) in [5, 5.41) is 3.44. The molecule has 0 atom stereocenters. The molecule has 0 aliphatic rings. The van der Waals surface area contributed by atoms with Crippen molar-refractivity contribution in [1.82, 2.24) is 0 Å². The van der Waals surface area contributed by atoms with E-state index in [4.69, 9.17) is 0 Å². The average molecular weight is 277 g/mol. The molecule has 0 amide bonds. The van der Waals surface area contributed by atoms with Gasteiger partial charge in [0.25, 0.3) is 0 Å². The highest BCUT2D eigenvalue weighted by atomic mass is 14.9. The van der Waals surface area contributed by atoms with Crippen LogP contribution in [0.25, 0.3) is 5.57 Å². The highest BCUT2D eigenvalue weighted by Crippen LogP contribution is 2.28. The zero-order valence-corrected chi connectivity index (χ0v) is 13.3. The van der Waals surface area contributed by atoms with Gasteiger partial charge in [0.1, 0.15) is 0 Å². The third kappa shape index (κ3) is 3.25. The first kappa shape index (κ1) is 15.1. The van der Waals surface area contributed by atoms with E-state index < -0.39 is 0 Å². The monoisotopic (exact) mass is 277 g/mol. The second-order valence-electron chi connectivity index (χ2n) is 5.37. The van der Waals surface area contributed by atoms with Crippen LogP contribution in [0, 0.1) is 20.8 Å². The van der Waals surface area contributed by atoms with Crippen molar-refractivity contribution in [1.29, 1.82) is 0 Å². The molecule has 1 nitrogen and oxygen atoms in total. The van der Waals surface area contributed by atoms with Crippen LogP contribution in [0.15, 0.2) is 60.8 Å². The van der Waals surface area contributed by atoms with Crippen molar-refractivity contribution in [3.05, 3.63) is 83.1 Å². The number of anilines is 1. The molecule has 2 rings (SSSR count). The Kier molecular flexibility index (Phi) is 4.64. The molecule has 1 heteroatoms. The third-order valence-corrected chi connectivity index (χ3v) is 3.94. The predicted molar refractivity (Wildman–Crippen MR) is 93.5 cm³/mol. The van der Waals surface area contributed by atoms with Gasteiger partial charge in [0.05, 0.1) is 0 Å². The molecule has 0 saturated carbocycles. The van der Waals surface area contributed by atoms with Crippen LogP contribution in [0.3, 0.4) is 0 Å². The van der Waals surface area contributed by atoms with Gasteiger partial charge in [-0.15, -0.1) is 0 Å². The maximum absolute atomic E-state index is 4.23. The molecule has 0 saturated heterocycles. The first-order chi connectivity index (χ1) is 10.0.